The van der Waals surface area contributed by atoms with Crippen LogP contribution in [0.3, 0.4) is 0 Å². The van der Waals surface area contributed by atoms with Gasteiger partial charge in [-0.05, 0) is 0 Å². The van der Waals surface area contributed by atoms with Crippen molar-refractivity contribution in [3.8, 4) is 0 Å². The van der Waals surface area contributed by atoms with Gasteiger partial charge in [-0.2, -0.15) is 0 Å². The standard InChI is InChI=1S/3GeH4.U/h3*1H4;. The Morgan fingerprint density at radius 2 is 0.500 bits per heavy atom. The van der Waals surface area contributed by atoms with Gasteiger partial charge in [0.2, 0.25) is 0 Å². The van der Waals surface area contributed by atoms with E-state index in [0.29, 0.717) is 0 Å². The zero-order chi connectivity index (χ0) is 0. The molecule has 0 aliphatic rings. The average Bonchev–Trinajstić information content (AvgIpc) is 0. The third-order valence-corrected chi connectivity index (χ3v) is 0. The molecule has 0 radical (unpaired) electrons. The van der Waals surface area contributed by atoms with E-state index in [1.165, 1.54) is 0 Å². The molecule has 0 nitrogen and oxygen atoms in total. The smallest absolute Gasteiger partial charge is 0 e. The van der Waals surface area contributed by atoms with Gasteiger partial charge in [-0.25, -0.2) is 0 Å². The Morgan fingerprint density at radius 1 is 0.500 bits per heavy atom. The van der Waals surface area contributed by atoms with Crippen molar-refractivity contribution in [3.05, 3.63) is 0 Å². The van der Waals surface area contributed by atoms with Crippen LogP contribution >= 0.6 is 0 Å². The van der Waals surface area contributed by atoms with Gasteiger partial charge in [-0.3, -0.25) is 0 Å². The van der Waals surface area contributed by atoms with Gasteiger partial charge in [0, 0.05) is 31.1 Å². The summed E-state index contributed by atoms with van der Waals surface area (Å²) in [7, 11) is 0. The largest absolute Gasteiger partial charge is 0 e. The molecule has 0 heterocycles. The Labute approximate surface area is 82.5 Å². The Morgan fingerprint density at radius 3 is 0.500 bits per heavy atom. The fraction of sp³-hybridized carbons (Fsp3) is 0. The zero-order valence-electron chi connectivity index (χ0n) is 0.500. The molecule has 28 valence electrons. The van der Waals surface area contributed by atoms with Crippen molar-refractivity contribution >= 4 is 52.8 Å². The molecule has 0 saturated carbocycles. The summed E-state index contributed by atoms with van der Waals surface area (Å²) in [4.78, 5) is 0. The van der Waals surface area contributed by atoms with E-state index in [1.54, 1.807) is 0 Å². The maximum Gasteiger partial charge on any atom is 0 e. The van der Waals surface area contributed by atoms with Crippen molar-refractivity contribution in [2.75, 3.05) is 0 Å². The first-order valence-electron chi connectivity index (χ1n) is 0. The molecule has 0 fully saturated rings. The molecule has 0 rings (SSSR count). The van der Waals surface area contributed by atoms with Crippen LogP contribution in [0.4, 0.5) is 0 Å². The fourth-order valence-electron chi connectivity index (χ4n) is 0. The summed E-state index contributed by atoms with van der Waals surface area (Å²) in [5.41, 5.74) is 0. The Balaban J connectivity index is 0. The zero-order valence-corrected chi connectivity index (χ0v) is 4.66. The Kier molecular flexibility index (Phi) is 130. The van der Waals surface area contributed by atoms with Crippen molar-refractivity contribution in [1.82, 2.24) is 0 Å². The van der Waals surface area contributed by atoms with Crippen molar-refractivity contribution in [2.24, 2.45) is 0 Å². The number of rotatable bonds is 0. The van der Waals surface area contributed by atoms with E-state index in [9.17, 15) is 0 Å². The van der Waals surface area contributed by atoms with E-state index in [1.807, 2.05) is 0 Å². The minimum Gasteiger partial charge on any atom is 0 e. The second-order valence-electron chi connectivity index (χ2n) is 0. The topological polar surface area (TPSA) is 0 Å². The first kappa shape index (κ1) is 30.0. The monoisotopic (exact) mass is 472 g/mol. The third-order valence-electron chi connectivity index (χ3n) is 0. The first-order valence-corrected chi connectivity index (χ1v) is 0. The van der Waals surface area contributed by atoms with Gasteiger partial charge in [-0.1, -0.05) is 0 Å². The van der Waals surface area contributed by atoms with E-state index >= 15 is 0 Å². The van der Waals surface area contributed by atoms with E-state index < -0.39 is 0 Å². The first-order chi connectivity index (χ1) is 0. The van der Waals surface area contributed by atoms with Crippen LogP contribution in [0.1, 0.15) is 0 Å². The summed E-state index contributed by atoms with van der Waals surface area (Å²) in [5.74, 6) is 0. The molecular weight excluding hydrogens is 456 g/mol. The molecule has 0 aliphatic carbocycles. The summed E-state index contributed by atoms with van der Waals surface area (Å²) >= 11 is 0. The fourth-order valence-corrected chi connectivity index (χ4v) is 0. The second kappa shape index (κ2) is 17.3. The Bertz CT molecular complexity index is 3.25. The molecule has 0 amide bonds. The summed E-state index contributed by atoms with van der Waals surface area (Å²) < 4.78 is 0. The summed E-state index contributed by atoms with van der Waals surface area (Å²) in [6.45, 7) is 0. The van der Waals surface area contributed by atoms with Crippen molar-refractivity contribution in [3.63, 3.8) is 0 Å². The Hall–Kier alpha value is 2.68. The van der Waals surface area contributed by atoms with Gasteiger partial charge in [0.15, 0.2) is 0 Å². The van der Waals surface area contributed by atoms with Crippen molar-refractivity contribution < 1.29 is 31.1 Å². The number of hydrogen-bond acceptors (Lipinski definition) is 0. The molecule has 0 spiro atoms. The molecule has 0 aromatic heterocycles. The summed E-state index contributed by atoms with van der Waals surface area (Å²) in [6, 6.07) is 0. The molecule has 4 heavy (non-hydrogen) atoms. The van der Waals surface area contributed by atoms with E-state index in [-0.39, 0.29) is 83.9 Å². The van der Waals surface area contributed by atoms with Crippen LogP contribution in [0.5, 0.6) is 0 Å². The summed E-state index contributed by atoms with van der Waals surface area (Å²) in [5, 5.41) is 0. The van der Waals surface area contributed by atoms with Crippen molar-refractivity contribution in [2.45, 2.75) is 0 Å². The SMILES string of the molecule is [GeH4].[GeH4].[GeH4].[U]. The molecule has 0 aromatic carbocycles. The van der Waals surface area contributed by atoms with Crippen LogP contribution in [-0.4, -0.2) is 52.8 Å². The molecule has 0 N–H and O–H groups in total. The summed E-state index contributed by atoms with van der Waals surface area (Å²) in [6.07, 6.45) is 0. The molecule has 4 heteroatoms. The normalized spacial score (nSPS) is 0. The van der Waals surface area contributed by atoms with Crippen LogP contribution in [0.25, 0.3) is 0 Å². The molecule has 0 saturated heterocycles. The quantitative estimate of drug-likeness (QED) is 0.316. The minimum absolute atomic E-state index is 0. The molecule has 0 atom stereocenters. The van der Waals surface area contributed by atoms with Gasteiger partial charge in [0.1, 0.15) is 0 Å². The number of hydrogen-bond donors (Lipinski definition) is 0. The van der Waals surface area contributed by atoms with Gasteiger partial charge in [-0.15, -0.1) is 0 Å². The van der Waals surface area contributed by atoms with Crippen LogP contribution in [0, 0.1) is 31.1 Å². The van der Waals surface area contributed by atoms with Crippen LogP contribution in [-0.2, 0) is 0 Å². The van der Waals surface area contributed by atoms with Crippen molar-refractivity contribution in [1.29, 1.82) is 0 Å². The molecular formula is H12Ge3U. The average molecular weight is 468 g/mol. The van der Waals surface area contributed by atoms with Gasteiger partial charge >= 0.3 is 52.8 Å². The third kappa shape index (κ3) is 8.82. The van der Waals surface area contributed by atoms with Gasteiger partial charge in [0.05, 0.1) is 0 Å². The van der Waals surface area contributed by atoms with Gasteiger partial charge < -0.3 is 0 Å². The van der Waals surface area contributed by atoms with E-state index in [0.717, 1.165) is 0 Å². The molecule has 0 unspecified atom stereocenters. The van der Waals surface area contributed by atoms with Gasteiger partial charge in [0.25, 0.3) is 0 Å². The van der Waals surface area contributed by atoms with E-state index in [2.05, 4.69) is 0 Å². The maximum absolute atomic E-state index is 0. The molecule has 0 bridgehead atoms. The van der Waals surface area contributed by atoms with Crippen LogP contribution < -0.4 is 0 Å². The van der Waals surface area contributed by atoms with E-state index in [4.69, 9.17) is 0 Å². The predicted molar refractivity (Wildman–Crippen MR) is 34.0 cm³/mol. The minimum atomic E-state index is 0. The maximum atomic E-state index is 0. The van der Waals surface area contributed by atoms with Crippen LogP contribution in [0.2, 0.25) is 0 Å². The second-order valence-corrected chi connectivity index (χ2v) is 0. The predicted octanol–water partition coefficient (Wildman–Crippen LogP) is -4.35. The molecule has 0 aromatic rings. The van der Waals surface area contributed by atoms with Crippen LogP contribution in [0.15, 0.2) is 0 Å². The molecule has 0 aliphatic heterocycles.